The Bertz CT molecular complexity index is 1040. The van der Waals surface area contributed by atoms with Crippen LogP contribution >= 0.6 is 23.2 Å². The highest BCUT2D eigenvalue weighted by Gasteiger charge is 2.19. The summed E-state index contributed by atoms with van der Waals surface area (Å²) in [7, 11) is 0. The molecule has 0 unspecified atom stereocenters. The normalized spacial score (nSPS) is 10.8. The Balaban J connectivity index is 2.22. The van der Waals surface area contributed by atoms with Crippen LogP contribution in [0.4, 0.5) is 0 Å². The van der Waals surface area contributed by atoms with Crippen LogP contribution in [-0.2, 0) is 4.79 Å². The fourth-order valence-electron chi connectivity index (χ4n) is 2.67. The van der Waals surface area contributed by atoms with Crippen LogP contribution in [0, 0.1) is 13.8 Å². The lowest BCUT2D eigenvalue weighted by Gasteiger charge is -2.13. The molecule has 0 aliphatic heterocycles. The second-order valence-electron chi connectivity index (χ2n) is 5.93. The molecule has 1 aromatic heterocycles. The van der Waals surface area contributed by atoms with E-state index in [4.69, 9.17) is 27.9 Å². The molecular formula is C20H15Cl2NO3. The van der Waals surface area contributed by atoms with Gasteiger partial charge in [-0.3, -0.25) is 14.6 Å². The Labute approximate surface area is 160 Å². The third-order valence-corrected chi connectivity index (χ3v) is 4.66. The third kappa shape index (κ3) is 3.43. The lowest BCUT2D eigenvalue weighted by atomic mass is 10.00. The van der Waals surface area contributed by atoms with Crippen molar-refractivity contribution in [2.24, 2.45) is 0 Å². The number of ether oxygens (including phenoxy) is 1. The van der Waals surface area contributed by atoms with Crippen LogP contribution in [0.1, 0.15) is 34.1 Å². The molecule has 0 saturated carbocycles. The molecule has 0 saturated heterocycles. The summed E-state index contributed by atoms with van der Waals surface area (Å²) in [4.78, 5) is 28.8. The number of nitrogens with zero attached hydrogens (tertiary/aromatic N) is 1. The van der Waals surface area contributed by atoms with Crippen molar-refractivity contribution in [3.8, 4) is 5.75 Å². The number of benzene rings is 2. The number of pyridine rings is 1. The highest BCUT2D eigenvalue weighted by Crippen LogP contribution is 2.34. The van der Waals surface area contributed by atoms with Crippen molar-refractivity contribution < 1.29 is 14.3 Å². The summed E-state index contributed by atoms with van der Waals surface area (Å²) >= 11 is 12.2. The zero-order chi connectivity index (χ0) is 19.0. The van der Waals surface area contributed by atoms with Crippen molar-refractivity contribution in [1.82, 2.24) is 4.98 Å². The van der Waals surface area contributed by atoms with Gasteiger partial charge in [0.1, 0.15) is 5.75 Å². The molecule has 0 fully saturated rings. The molecule has 2 aromatic carbocycles. The number of carbonyl (C=O) groups is 2. The summed E-state index contributed by atoms with van der Waals surface area (Å²) in [5, 5.41) is 1.38. The second kappa shape index (κ2) is 7.06. The van der Waals surface area contributed by atoms with Crippen LogP contribution in [0.3, 0.4) is 0 Å². The molecule has 0 N–H and O–H groups in total. The first kappa shape index (κ1) is 18.4. The van der Waals surface area contributed by atoms with E-state index in [-0.39, 0.29) is 10.8 Å². The number of ketones is 1. The number of carbonyl (C=O) groups excluding carboxylic acids is 2. The molecule has 0 bridgehead atoms. The van der Waals surface area contributed by atoms with E-state index in [9.17, 15) is 9.59 Å². The van der Waals surface area contributed by atoms with Gasteiger partial charge in [-0.15, -0.1) is 0 Å². The maximum atomic E-state index is 12.9. The first-order valence-electron chi connectivity index (χ1n) is 7.87. The van der Waals surface area contributed by atoms with Gasteiger partial charge in [-0.2, -0.15) is 0 Å². The lowest BCUT2D eigenvalue weighted by Crippen LogP contribution is -2.07. The molecule has 0 atom stereocenters. The van der Waals surface area contributed by atoms with Crippen molar-refractivity contribution in [3.63, 3.8) is 0 Å². The van der Waals surface area contributed by atoms with E-state index in [1.165, 1.54) is 6.92 Å². The zero-order valence-electron chi connectivity index (χ0n) is 14.4. The van der Waals surface area contributed by atoms with E-state index in [1.54, 1.807) is 36.4 Å². The second-order valence-corrected chi connectivity index (χ2v) is 6.77. The standard InChI is InChI=1S/C20H15Cl2NO3/c1-10-11(2)23-18-9-17(22)15(8-16(18)20(10)26-12(3)24)19(25)13-4-6-14(21)7-5-13/h4-9H,1-3H3. The molecule has 1 heterocycles. The monoisotopic (exact) mass is 387 g/mol. The number of hydrogen-bond acceptors (Lipinski definition) is 4. The molecule has 4 nitrogen and oxygen atoms in total. The van der Waals surface area contributed by atoms with Crippen molar-refractivity contribution in [2.45, 2.75) is 20.8 Å². The third-order valence-electron chi connectivity index (χ3n) is 4.10. The molecule has 3 rings (SSSR count). The van der Waals surface area contributed by atoms with Gasteiger partial charge < -0.3 is 4.74 Å². The molecule has 0 aliphatic rings. The minimum Gasteiger partial charge on any atom is -0.426 e. The summed E-state index contributed by atoms with van der Waals surface area (Å²) in [6.07, 6.45) is 0. The Hall–Kier alpha value is -2.43. The lowest BCUT2D eigenvalue weighted by molar-refractivity contribution is -0.131. The fourth-order valence-corrected chi connectivity index (χ4v) is 3.04. The summed E-state index contributed by atoms with van der Waals surface area (Å²) in [6, 6.07) is 9.78. The predicted octanol–water partition coefficient (Wildman–Crippen LogP) is 5.31. The Morgan fingerprint density at radius 3 is 2.31 bits per heavy atom. The number of hydrogen-bond donors (Lipinski definition) is 0. The Kier molecular flexibility index (Phi) is 4.99. The number of aryl methyl sites for hydroxylation is 1. The van der Waals surface area contributed by atoms with Gasteiger partial charge in [0.25, 0.3) is 0 Å². The van der Waals surface area contributed by atoms with E-state index in [0.29, 0.717) is 32.8 Å². The number of fused-ring (bicyclic) bond motifs is 1. The molecule has 0 aliphatic carbocycles. The van der Waals surface area contributed by atoms with E-state index in [0.717, 1.165) is 11.3 Å². The number of aromatic nitrogens is 1. The molecule has 0 radical (unpaired) electrons. The number of rotatable bonds is 3. The fraction of sp³-hybridized carbons (Fsp3) is 0.150. The van der Waals surface area contributed by atoms with Gasteiger partial charge in [0.15, 0.2) is 5.78 Å². The van der Waals surface area contributed by atoms with Crippen LogP contribution in [0.15, 0.2) is 36.4 Å². The number of esters is 1. The predicted molar refractivity (Wildman–Crippen MR) is 102 cm³/mol. The molecular weight excluding hydrogens is 373 g/mol. The van der Waals surface area contributed by atoms with Crippen molar-refractivity contribution >= 4 is 45.9 Å². The van der Waals surface area contributed by atoms with Gasteiger partial charge in [-0.05, 0) is 50.2 Å². The molecule has 26 heavy (non-hydrogen) atoms. The van der Waals surface area contributed by atoms with Gasteiger partial charge >= 0.3 is 5.97 Å². The molecule has 0 spiro atoms. The topological polar surface area (TPSA) is 56.3 Å². The van der Waals surface area contributed by atoms with E-state index in [1.807, 2.05) is 13.8 Å². The summed E-state index contributed by atoms with van der Waals surface area (Å²) < 4.78 is 5.38. The van der Waals surface area contributed by atoms with Crippen LogP contribution in [0.2, 0.25) is 10.0 Å². The largest absolute Gasteiger partial charge is 0.426 e. The van der Waals surface area contributed by atoms with E-state index >= 15 is 0 Å². The maximum absolute atomic E-state index is 12.9. The Morgan fingerprint density at radius 2 is 1.69 bits per heavy atom. The summed E-state index contributed by atoms with van der Waals surface area (Å²) in [5.74, 6) is -0.303. The minimum absolute atomic E-state index is 0.249. The van der Waals surface area contributed by atoms with Gasteiger partial charge in [-0.1, -0.05) is 23.2 Å². The van der Waals surface area contributed by atoms with Gasteiger partial charge in [-0.25, -0.2) is 0 Å². The quantitative estimate of drug-likeness (QED) is 0.451. The molecule has 132 valence electrons. The van der Waals surface area contributed by atoms with Crippen LogP contribution in [0.5, 0.6) is 5.75 Å². The van der Waals surface area contributed by atoms with Crippen LogP contribution in [0.25, 0.3) is 10.9 Å². The zero-order valence-corrected chi connectivity index (χ0v) is 15.9. The minimum atomic E-state index is -0.444. The van der Waals surface area contributed by atoms with Crippen LogP contribution < -0.4 is 4.74 Å². The SMILES string of the molecule is CC(=O)Oc1c(C)c(C)nc2cc(Cl)c(C(=O)c3ccc(Cl)cc3)cc12. The summed E-state index contributed by atoms with van der Waals surface area (Å²) in [5.41, 5.74) is 2.78. The van der Waals surface area contributed by atoms with Crippen molar-refractivity contribution in [1.29, 1.82) is 0 Å². The first-order valence-corrected chi connectivity index (χ1v) is 8.62. The highest BCUT2D eigenvalue weighted by atomic mass is 35.5. The molecule has 0 amide bonds. The highest BCUT2D eigenvalue weighted by molar-refractivity contribution is 6.36. The molecule has 6 heteroatoms. The van der Waals surface area contributed by atoms with Crippen molar-refractivity contribution in [2.75, 3.05) is 0 Å². The van der Waals surface area contributed by atoms with Gasteiger partial charge in [0, 0.05) is 39.7 Å². The van der Waals surface area contributed by atoms with Gasteiger partial charge in [0.05, 0.1) is 10.5 Å². The molecule has 3 aromatic rings. The number of halogens is 2. The van der Waals surface area contributed by atoms with Crippen molar-refractivity contribution in [3.05, 3.63) is 68.8 Å². The van der Waals surface area contributed by atoms with E-state index in [2.05, 4.69) is 4.98 Å². The Morgan fingerprint density at radius 1 is 1.04 bits per heavy atom. The maximum Gasteiger partial charge on any atom is 0.308 e. The average Bonchev–Trinajstić information content (AvgIpc) is 2.58. The van der Waals surface area contributed by atoms with Gasteiger partial charge in [0.2, 0.25) is 0 Å². The smallest absolute Gasteiger partial charge is 0.308 e. The summed E-state index contributed by atoms with van der Waals surface area (Å²) in [6.45, 7) is 4.97. The average molecular weight is 388 g/mol. The van der Waals surface area contributed by atoms with Crippen LogP contribution in [-0.4, -0.2) is 16.7 Å². The first-order chi connectivity index (χ1) is 12.3. The van der Waals surface area contributed by atoms with E-state index < -0.39 is 5.97 Å².